The third-order valence-electron chi connectivity index (χ3n) is 4.76. The molecule has 23 heavy (non-hydrogen) atoms. The van der Waals surface area contributed by atoms with Gasteiger partial charge in [-0.3, -0.25) is 14.5 Å². The minimum absolute atomic E-state index is 0.161. The number of hydrogen-bond donors (Lipinski definition) is 0. The first-order chi connectivity index (χ1) is 11.2. The van der Waals surface area contributed by atoms with E-state index in [4.69, 9.17) is 4.74 Å². The van der Waals surface area contributed by atoms with Gasteiger partial charge in [-0.1, -0.05) is 24.3 Å². The molecule has 2 aliphatic rings. The summed E-state index contributed by atoms with van der Waals surface area (Å²) >= 11 is 0. The van der Waals surface area contributed by atoms with Crippen LogP contribution in [0.25, 0.3) is 0 Å². The number of imide groups is 1. The molecule has 1 heterocycles. The van der Waals surface area contributed by atoms with E-state index in [2.05, 4.69) is 12.1 Å². The third kappa shape index (κ3) is 2.31. The predicted molar refractivity (Wildman–Crippen MR) is 85.7 cm³/mol. The minimum atomic E-state index is -0.161. The van der Waals surface area contributed by atoms with Crippen molar-refractivity contribution in [1.82, 2.24) is 4.90 Å². The SMILES string of the molecule is COc1ccc([C@H]2C[C@@H]2CN2C(=O)c3ccccc3C2=O)cc1. The molecule has 0 spiro atoms. The molecule has 0 bridgehead atoms. The zero-order valence-electron chi connectivity index (χ0n) is 12.9. The third-order valence-corrected chi connectivity index (χ3v) is 4.76. The van der Waals surface area contributed by atoms with Gasteiger partial charge in [0.05, 0.1) is 18.2 Å². The highest BCUT2D eigenvalue weighted by molar-refractivity contribution is 6.21. The summed E-state index contributed by atoms with van der Waals surface area (Å²) in [5, 5.41) is 0. The Hall–Kier alpha value is -2.62. The number of hydrogen-bond acceptors (Lipinski definition) is 3. The lowest BCUT2D eigenvalue weighted by atomic mass is 10.1. The van der Waals surface area contributed by atoms with Gasteiger partial charge in [-0.15, -0.1) is 0 Å². The first-order valence-corrected chi connectivity index (χ1v) is 7.78. The molecule has 2 aromatic rings. The van der Waals surface area contributed by atoms with Gasteiger partial charge >= 0.3 is 0 Å². The van der Waals surface area contributed by atoms with Crippen LogP contribution in [0.3, 0.4) is 0 Å². The highest BCUT2D eigenvalue weighted by Crippen LogP contribution is 2.48. The fourth-order valence-electron chi connectivity index (χ4n) is 3.35. The summed E-state index contributed by atoms with van der Waals surface area (Å²) in [6.45, 7) is 0.503. The first-order valence-electron chi connectivity index (χ1n) is 7.78. The van der Waals surface area contributed by atoms with E-state index < -0.39 is 0 Å². The number of methoxy groups -OCH3 is 1. The van der Waals surface area contributed by atoms with Crippen LogP contribution in [0.2, 0.25) is 0 Å². The van der Waals surface area contributed by atoms with Crippen LogP contribution in [0.1, 0.15) is 38.6 Å². The van der Waals surface area contributed by atoms with Crippen LogP contribution in [0.5, 0.6) is 5.75 Å². The fraction of sp³-hybridized carbons (Fsp3) is 0.263. The second-order valence-electron chi connectivity index (χ2n) is 6.14. The second kappa shape index (κ2) is 5.23. The van der Waals surface area contributed by atoms with Crippen molar-refractivity contribution in [1.29, 1.82) is 0 Å². The number of carbonyl (C=O) groups is 2. The van der Waals surface area contributed by atoms with Crippen molar-refractivity contribution in [2.45, 2.75) is 12.3 Å². The van der Waals surface area contributed by atoms with E-state index >= 15 is 0 Å². The van der Waals surface area contributed by atoms with Gasteiger partial charge in [0.25, 0.3) is 11.8 Å². The molecule has 1 aliphatic heterocycles. The molecular formula is C19H17NO3. The van der Waals surface area contributed by atoms with Gasteiger partial charge in [0, 0.05) is 6.54 Å². The monoisotopic (exact) mass is 307 g/mol. The van der Waals surface area contributed by atoms with Crippen molar-refractivity contribution in [3.63, 3.8) is 0 Å². The first kappa shape index (κ1) is 14.0. The van der Waals surface area contributed by atoms with Crippen LogP contribution >= 0.6 is 0 Å². The average molecular weight is 307 g/mol. The molecule has 4 nitrogen and oxygen atoms in total. The standard InChI is InChI=1S/C19H17NO3/c1-23-14-8-6-12(7-9-14)17-10-13(17)11-20-18(21)15-4-2-3-5-16(15)19(20)22/h2-9,13,17H,10-11H2,1H3/t13-,17-/m1/s1. The largest absolute Gasteiger partial charge is 0.497 e. The lowest BCUT2D eigenvalue weighted by molar-refractivity contribution is 0.0646. The Morgan fingerprint density at radius 2 is 1.61 bits per heavy atom. The number of fused-ring (bicyclic) bond motifs is 1. The molecule has 2 atom stereocenters. The second-order valence-corrected chi connectivity index (χ2v) is 6.14. The maximum atomic E-state index is 12.4. The number of carbonyl (C=O) groups excluding carboxylic acids is 2. The number of ether oxygens (including phenoxy) is 1. The molecule has 2 amide bonds. The van der Waals surface area contributed by atoms with E-state index in [0.29, 0.717) is 29.5 Å². The molecule has 2 aromatic carbocycles. The summed E-state index contributed by atoms with van der Waals surface area (Å²) in [6.07, 6.45) is 1.01. The minimum Gasteiger partial charge on any atom is -0.497 e. The average Bonchev–Trinajstić information content (AvgIpc) is 3.33. The normalized spacial score (nSPS) is 22.2. The summed E-state index contributed by atoms with van der Waals surface area (Å²) in [6, 6.07) is 15.1. The lowest BCUT2D eigenvalue weighted by Gasteiger charge is -2.13. The summed E-state index contributed by atoms with van der Waals surface area (Å²) < 4.78 is 5.17. The topological polar surface area (TPSA) is 46.6 Å². The summed E-state index contributed by atoms with van der Waals surface area (Å²) in [5.74, 6) is 1.29. The molecule has 0 saturated heterocycles. The zero-order chi connectivity index (χ0) is 16.0. The summed E-state index contributed by atoms with van der Waals surface area (Å²) in [4.78, 5) is 26.2. The van der Waals surface area contributed by atoms with Crippen LogP contribution < -0.4 is 4.74 Å². The number of benzene rings is 2. The van der Waals surface area contributed by atoms with Gasteiger partial charge in [-0.25, -0.2) is 0 Å². The quantitative estimate of drug-likeness (QED) is 0.815. The van der Waals surface area contributed by atoms with E-state index in [1.165, 1.54) is 10.5 Å². The van der Waals surface area contributed by atoms with Crippen molar-refractivity contribution < 1.29 is 14.3 Å². The van der Waals surface area contributed by atoms with Crippen LogP contribution in [0.4, 0.5) is 0 Å². The smallest absolute Gasteiger partial charge is 0.261 e. The van der Waals surface area contributed by atoms with Crippen molar-refractivity contribution >= 4 is 11.8 Å². The molecule has 1 fully saturated rings. The summed E-state index contributed by atoms with van der Waals surface area (Å²) in [5.41, 5.74) is 2.30. The van der Waals surface area contributed by atoms with Gasteiger partial charge in [0.2, 0.25) is 0 Å². The Kier molecular flexibility index (Phi) is 3.18. The van der Waals surface area contributed by atoms with Crippen LogP contribution in [0.15, 0.2) is 48.5 Å². The highest BCUT2D eigenvalue weighted by Gasteiger charge is 2.44. The number of nitrogens with zero attached hydrogens (tertiary/aromatic N) is 1. The number of rotatable bonds is 4. The van der Waals surface area contributed by atoms with Crippen LogP contribution in [-0.4, -0.2) is 30.4 Å². The van der Waals surface area contributed by atoms with Gasteiger partial charge < -0.3 is 4.74 Å². The summed E-state index contributed by atoms with van der Waals surface area (Å²) in [7, 11) is 1.65. The lowest BCUT2D eigenvalue weighted by Crippen LogP contribution is -2.31. The molecule has 1 saturated carbocycles. The van der Waals surface area contributed by atoms with E-state index in [-0.39, 0.29) is 11.8 Å². The maximum Gasteiger partial charge on any atom is 0.261 e. The Bertz CT molecular complexity index is 746. The molecular weight excluding hydrogens is 290 g/mol. The van der Waals surface area contributed by atoms with Crippen molar-refractivity contribution in [3.05, 3.63) is 65.2 Å². The van der Waals surface area contributed by atoms with Gasteiger partial charge in [-0.05, 0) is 48.1 Å². The molecule has 4 heteroatoms. The van der Waals surface area contributed by atoms with Crippen molar-refractivity contribution in [2.75, 3.05) is 13.7 Å². The van der Waals surface area contributed by atoms with E-state index in [0.717, 1.165) is 12.2 Å². The molecule has 0 N–H and O–H groups in total. The Morgan fingerprint density at radius 1 is 1.00 bits per heavy atom. The molecule has 0 unspecified atom stereocenters. The van der Waals surface area contributed by atoms with E-state index in [1.807, 2.05) is 12.1 Å². The fourth-order valence-corrected chi connectivity index (χ4v) is 3.35. The molecule has 4 rings (SSSR count). The predicted octanol–water partition coefficient (Wildman–Crippen LogP) is 3.09. The molecule has 0 radical (unpaired) electrons. The van der Waals surface area contributed by atoms with Crippen LogP contribution in [0, 0.1) is 5.92 Å². The van der Waals surface area contributed by atoms with Gasteiger partial charge in [-0.2, -0.15) is 0 Å². The van der Waals surface area contributed by atoms with Crippen molar-refractivity contribution in [3.8, 4) is 5.75 Å². The van der Waals surface area contributed by atoms with E-state index in [9.17, 15) is 9.59 Å². The van der Waals surface area contributed by atoms with Crippen LogP contribution in [-0.2, 0) is 0 Å². The Morgan fingerprint density at radius 3 is 2.17 bits per heavy atom. The highest BCUT2D eigenvalue weighted by atomic mass is 16.5. The molecule has 116 valence electrons. The maximum absolute atomic E-state index is 12.4. The number of amides is 2. The Labute approximate surface area is 134 Å². The molecule has 0 aromatic heterocycles. The van der Waals surface area contributed by atoms with Gasteiger partial charge in [0.1, 0.15) is 5.75 Å². The molecule has 1 aliphatic carbocycles. The zero-order valence-corrected chi connectivity index (χ0v) is 12.9. The van der Waals surface area contributed by atoms with Gasteiger partial charge in [0.15, 0.2) is 0 Å². The van der Waals surface area contributed by atoms with Crippen molar-refractivity contribution in [2.24, 2.45) is 5.92 Å². The van der Waals surface area contributed by atoms with E-state index in [1.54, 1.807) is 31.4 Å². The Balaban J connectivity index is 1.46.